The first-order valence-corrected chi connectivity index (χ1v) is 12.1. The fourth-order valence-corrected chi connectivity index (χ4v) is 5.60. The standard InChI is InChI=1S/C25H31N5O3/c1-16(2)15-20(30-23(31)18-7-3-4-8-19(18)24(30)32)25(33)28-13-10-17(11-14-28)22-27-26-21-9-5-6-12-29(21)22/h3-6,9,12,16-20H,7-8,10-11,13-15H2,1-2H3/t18-,19+,20-/m1/s1. The molecule has 2 saturated heterocycles. The van der Waals surface area contributed by atoms with Crippen LogP contribution in [0.3, 0.4) is 0 Å². The van der Waals surface area contributed by atoms with E-state index in [0.29, 0.717) is 32.4 Å². The molecule has 3 atom stereocenters. The molecule has 0 saturated carbocycles. The number of aromatic nitrogens is 3. The maximum absolute atomic E-state index is 13.7. The van der Waals surface area contributed by atoms with Crippen LogP contribution >= 0.6 is 0 Å². The number of carbonyl (C=O) groups is 3. The van der Waals surface area contributed by atoms with Crippen molar-refractivity contribution in [3.8, 4) is 0 Å². The van der Waals surface area contributed by atoms with E-state index in [-0.39, 0.29) is 41.4 Å². The van der Waals surface area contributed by atoms with Crippen molar-refractivity contribution in [1.29, 1.82) is 0 Å². The Hall–Kier alpha value is -3.03. The molecule has 0 unspecified atom stereocenters. The fraction of sp³-hybridized carbons (Fsp3) is 0.560. The summed E-state index contributed by atoms with van der Waals surface area (Å²) >= 11 is 0. The molecule has 3 aliphatic rings. The van der Waals surface area contributed by atoms with E-state index in [9.17, 15) is 14.4 Å². The fourth-order valence-electron chi connectivity index (χ4n) is 5.60. The second kappa shape index (κ2) is 8.72. The molecule has 8 nitrogen and oxygen atoms in total. The molecule has 0 N–H and O–H groups in total. The molecule has 0 radical (unpaired) electrons. The quantitative estimate of drug-likeness (QED) is 0.517. The summed E-state index contributed by atoms with van der Waals surface area (Å²) in [6, 6.07) is 5.13. The first kappa shape index (κ1) is 21.8. The molecule has 3 amide bonds. The van der Waals surface area contributed by atoms with Gasteiger partial charge >= 0.3 is 0 Å². The summed E-state index contributed by atoms with van der Waals surface area (Å²) in [7, 11) is 0. The number of hydrogen-bond donors (Lipinski definition) is 0. The van der Waals surface area contributed by atoms with Crippen LogP contribution in [0.1, 0.15) is 57.7 Å². The van der Waals surface area contributed by atoms with Gasteiger partial charge in [-0.1, -0.05) is 32.1 Å². The average molecular weight is 450 g/mol. The Kier molecular flexibility index (Phi) is 5.76. The van der Waals surface area contributed by atoms with Crippen LogP contribution in [-0.4, -0.2) is 61.3 Å². The highest BCUT2D eigenvalue weighted by atomic mass is 16.2. The van der Waals surface area contributed by atoms with Crippen molar-refractivity contribution < 1.29 is 14.4 Å². The molecule has 0 bridgehead atoms. The van der Waals surface area contributed by atoms with E-state index in [2.05, 4.69) is 10.2 Å². The number of amides is 3. The van der Waals surface area contributed by atoms with Crippen molar-refractivity contribution >= 4 is 23.4 Å². The lowest BCUT2D eigenvalue weighted by Crippen LogP contribution is -2.53. The predicted molar refractivity (Wildman–Crippen MR) is 122 cm³/mol. The van der Waals surface area contributed by atoms with E-state index in [0.717, 1.165) is 24.3 Å². The molecule has 2 aliphatic heterocycles. The number of rotatable bonds is 5. The third kappa shape index (κ3) is 3.85. The molecule has 5 rings (SSSR count). The molecule has 2 aromatic rings. The molecule has 0 aromatic carbocycles. The van der Waals surface area contributed by atoms with Crippen LogP contribution in [0.5, 0.6) is 0 Å². The number of piperidine rings is 1. The summed E-state index contributed by atoms with van der Waals surface area (Å²) in [4.78, 5) is 43.2. The highest BCUT2D eigenvalue weighted by molar-refractivity contribution is 6.08. The van der Waals surface area contributed by atoms with Crippen molar-refractivity contribution in [3.05, 3.63) is 42.4 Å². The van der Waals surface area contributed by atoms with Gasteiger partial charge in [-0.3, -0.25) is 23.7 Å². The summed E-state index contributed by atoms with van der Waals surface area (Å²) in [6.45, 7) is 5.24. The maximum Gasteiger partial charge on any atom is 0.245 e. The topological polar surface area (TPSA) is 87.9 Å². The lowest BCUT2D eigenvalue weighted by Gasteiger charge is -2.36. The van der Waals surface area contributed by atoms with Crippen LogP contribution < -0.4 is 0 Å². The van der Waals surface area contributed by atoms with Crippen molar-refractivity contribution in [1.82, 2.24) is 24.4 Å². The van der Waals surface area contributed by atoms with Gasteiger partial charge in [-0.25, -0.2) is 0 Å². The Balaban J connectivity index is 1.31. The van der Waals surface area contributed by atoms with E-state index in [4.69, 9.17) is 0 Å². The second-order valence-corrected chi connectivity index (χ2v) is 9.93. The number of hydrogen-bond acceptors (Lipinski definition) is 5. The minimum atomic E-state index is -0.707. The lowest BCUT2D eigenvalue weighted by atomic mass is 9.85. The monoisotopic (exact) mass is 449 g/mol. The number of carbonyl (C=O) groups excluding carboxylic acids is 3. The van der Waals surface area contributed by atoms with Crippen LogP contribution in [0.15, 0.2) is 36.5 Å². The zero-order chi connectivity index (χ0) is 23.1. The zero-order valence-electron chi connectivity index (χ0n) is 19.3. The van der Waals surface area contributed by atoms with Gasteiger partial charge in [-0.2, -0.15) is 0 Å². The van der Waals surface area contributed by atoms with E-state index in [1.807, 2.05) is 59.7 Å². The summed E-state index contributed by atoms with van der Waals surface area (Å²) in [5.74, 6) is 0.295. The summed E-state index contributed by atoms with van der Waals surface area (Å²) in [5.41, 5.74) is 0.824. The highest BCUT2D eigenvalue weighted by Crippen LogP contribution is 2.38. The highest BCUT2D eigenvalue weighted by Gasteiger charge is 2.51. The molecule has 174 valence electrons. The van der Waals surface area contributed by atoms with Gasteiger partial charge in [-0.05, 0) is 50.2 Å². The van der Waals surface area contributed by atoms with Crippen molar-refractivity contribution in [2.45, 2.75) is 57.9 Å². The number of imide groups is 1. The maximum atomic E-state index is 13.7. The molecular formula is C25H31N5O3. The third-order valence-corrected chi connectivity index (χ3v) is 7.34. The van der Waals surface area contributed by atoms with Gasteiger partial charge in [-0.15, -0.1) is 10.2 Å². The Bertz CT molecular complexity index is 1070. The molecule has 2 aromatic heterocycles. The smallest absolute Gasteiger partial charge is 0.245 e. The van der Waals surface area contributed by atoms with Crippen molar-refractivity contribution in [3.63, 3.8) is 0 Å². The van der Waals surface area contributed by atoms with Crippen LogP contribution in [0.4, 0.5) is 0 Å². The molecular weight excluding hydrogens is 418 g/mol. The number of fused-ring (bicyclic) bond motifs is 2. The number of likely N-dealkylation sites (tertiary alicyclic amines) is 2. The molecule has 2 fully saturated rings. The molecule has 8 heteroatoms. The normalized spacial score (nSPS) is 24.7. The largest absolute Gasteiger partial charge is 0.341 e. The van der Waals surface area contributed by atoms with Gasteiger partial charge < -0.3 is 4.90 Å². The zero-order valence-corrected chi connectivity index (χ0v) is 19.3. The SMILES string of the molecule is CC(C)C[C@H](C(=O)N1CCC(c2nnc3ccccn23)CC1)N1C(=O)[C@H]2CC=CC[C@H]2C1=O. The Morgan fingerprint density at radius 2 is 1.70 bits per heavy atom. The van der Waals surface area contributed by atoms with E-state index < -0.39 is 6.04 Å². The second-order valence-electron chi connectivity index (χ2n) is 9.93. The number of allylic oxidation sites excluding steroid dienone is 2. The van der Waals surface area contributed by atoms with Gasteiger partial charge in [0.2, 0.25) is 17.7 Å². The molecule has 33 heavy (non-hydrogen) atoms. The van der Waals surface area contributed by atoms with Crippen LogP contribution in [0.25, 0.3) is 5.65 Å². The van der Waals surface area contributed by atoms with Crippen LogP contribution in [0.2, 0.25) is 0 Å². The molecule has 4 heterocycles. The van der Waals surface area contributed by atoms with E-state index in [1.165, 1.54) is 4.90 Å². The number of nitrogens with zero attached hydrogens (tertiary/aromatic N) is 5. The van der Waals surface area contributed by atoms with Gasteiger partial charge in [0.25, 0.3) is 0 Å². The van der Waals surface area contributed by atoms with E-state index >= 15 is 0 Å². The Morgan fingerprint density at radius 3 is 2.33 bits per heavy atom. The molecule has 0 spiro atoms. The van der Waals surface area contributed by atoms with Crippen molar-refractivity contribution in [2.24, 2.45) is 17.8 Å². The van der Waals surface area contributed by atoms with Gasteiger partial charge in [0, 0.05) is 25.2 Å². The summed E-state index contributed by atoms with van der Waals surface area (Å²) in [5, 5.41) is 8.65. The predicted octanol–water partition coefficient (Wildman–Crippen LogP) is 2.80. The van der Waals surface area contributed by atoms with E-state index in [1.54, 1.807) is 0 Å². The van der Waals surface area contributed by atoms with Crippen LogP contribution in [-0.2, 0) is 14.4 Å². The minimum Gasteiger partial charge on any atom is -0.341 e. The average Bonchev–Trinajstić information content (AvgIpc) is 3.37. The van der Waals surface area contributed by atoms with Gasteiger partial charge in [0.15, 0.2) is 5.65 Å². The minimum absolute atomic E-state index is 0.0958. The summed E-state index contributed by atoms with van der Waals surface area (Å²) in [6.07, 6.45) is 9.18. The first-order chi connectivity index (χ1) is 16.0. The lowest BCUT2D eigenvalue weighted by molar-refractivity contribution is -0.152. The van der Waals surface area contributed by atoms with Crippen molar-refractivity contribution in [2.75, 3.05) is 13.1 Å². The first-order valence-electron chi connectivity index (χ1n) is 12.1. The Morgan fingerprint density at radius 1 is 1.03 bits per heavy atom. The number of pyridine rings is 1. The molecule has 1 aliphatic carbocycles. The van der Waals surface area contributed by atoms with Crippen LogP contribution in [0, 0.1) is 17.8 Å². The Labute approximate surface area is 193 Å². The van der Waals surface area contributed by atoms with Gasteiger partial charge in [0.1, 0.15) is 11.9 Å². The van der Waals surface area contributed by atoms with Gasteiger partial charge in [0.05, 0.1) is 11.8 Å². The summed E-state index contributed by atoms with van der Waals surface area (Å²) < 4.78 is 2.01. The third-order valence-electron chi connectivity index (χ3n) is 7.34.